The standard InChI is InChI=1S/C64H40N2O4/c1-37-51(25-27-55-61(37)47-17-9-11-19-53(47)67-55)65(43-13-5-3-6-14-43)45-23-21-39-33-49-59(35-41(39)31-45)69-57-29-30-58-64(63(49)57)50-34-40-22-24-46(32-42(40)36-60(50)70-58)66(44-15-7-4-8-16-44)52-26-28-56-62(38(52)2)48-18-10-12-20-54(48)68-56/h3-36H,1-2H3. The van der Waals surface area contributed by atoms with Gasteiger partial charge < -0.3 is 27.5 Å². The topological polar surface area (TPSA) is 59.0 Å². The average Bonchev–Trinajstić information content (AvgIpc) is 4.17. The first kappa shape index (κ1) is 38.8. The molecule has 0 aliphatic rings. The molecule has 0 unspecified atom stereocenters. The minimum absolute atomic E-state index is 0.828. The number of furan rings is 4. The molecule has 0 saturated carbocycles. The smallest absolute Gasteiger partial charge is 0.136 e. The van der Waals surface area contributed by atoms with Gasteiger partial charge in [0.2, 0.25) is 0 Å². The van der Waals surface area contributed by atoms with E-state index in [1.165, 1.54) is 0 Å². The summed E-state index contributed by atoms with van der Waals surface area (Å²) in [6.07, 6.45) is 0. The van der Waals surface area contributed by atoms with Crippen LogP contribution >= 0.6 is 0 Å². The lowest BCUT2D eigenvalue weighted by Gasteiger charge is -2.27. The third-order valence-electron chi connectivity index (χ3n) is 14.5. The minimum Gasteiger partial charge on any atom is -0.456 e. The second-order valence-electron chi connectivity index (χ2n) is 18.5. The summed E-state index contributed by atoms with van der Waals surface area (Å²) in [5, 5.41) is 13.2. The number of fused-ring (bicyclic) bond motifs is 15. The van der Waals surface area contributed by atoms with Crippen molar-refractivity contribution in [3.05, 3.63) is 217 Å². The molecule has 4 aromatic heterocycles. The van der Waals surface area contributed by atoms with Crippen molar-refractivity contribution in [2.75, 3.05) is 9.80 Å². The van der Waals surface area contributed by atoms with Crippen LogP contribution < -0.4 is 9.80 Å². The predicted molar refractivity (Wildman–Crippen MR) is 289 cm³/mol. The van der Waals surface area contributed by atoms with Crippen molar-refractivity contribution in [3.8, 4) is 0 Å². The summed E-state index contributed by atoms with van der Waals surface area (Å²) in [5.74, 6) is 0. The monoisotopic (exact) mass is 900 g/mol. The van der Waals surface area contributed by atoms with Crippen molar-refractivity contribution in [2.24, 2.45) is 0 Å². The zero-order valence-corrected chi connectivity index (χ0v) is 38.2. The first-order valence-corrected chi connectivity index (χ1v) is 23.7. The van der Waals surface area contributed by atoms with Crippen LogP contribution in [0.2, 0.25) is 0 Å². The maximum absolute atomic E-state index is 6.75. The van der Waals surface area contributed by atoms with Gasteiger partial charge in [-0.15, -0.1) is 0 Å². The van der Waals surface area contributed by atoms with Crippen molar-refractivity contribution in [1.29, 1.82) is 0 Å². The van der Waals surface area contributed by atoms with E-state index in [2.05, 4.69) is 194 Å². The molecule has 0 spiro atoms. The van der Waals surface area contributed by atoms with Gasteiger partial charge in [0.25, 0.3) is 0 Å². The lowest BCUT2D eigenvalue weighted by molar-refractivity contribution is 0.663. The summed E-state index contributed by atoms with van der Waals surface area (Å²) in [6.45, 7) is 4.39. The quantitative estimate of drug-likeness (QED) is 0.166. The third-order valence-corrected chi connectivity index (χ3v) is 14.5. The highest BCUT2D eigenvalue weighted by Gasteiger charge is 2.23. The maximum atomic E-state index is 6.75. The first-order chi connectivity index (χ1) is 34.5. The van der Waals surface area contributed by atoms with E-state index in [4.69, 9.17) is 17.7 Å². The Kier molecular flexibility index (Phi) is 8.10. The van der Waals surface area contributed by atoms with Crippen LogP contribution in [0, 0.1) is 13.8 Å². The Bertz CT molecular complexity index is 4340. The zero-order chi connectivity index (χ0) is 46.2. The molecule has 4 heterocycles. The number of aryl methyl sites for hydroxylation is 2. The first-order valence-electron chi connectivity index (χ1n) is 23.7. The molecule has 0 saturated heterocycles. The van der Waals surface area contributed by atoms with E-state index in [0.29, 0.717) is 0 Å². The molecule has 6 heteroatoms. The Labute approximate surface area is 400 Å². The van der Waals surface area contributed by atoms with Crippen molar-refractivity contribution in [2.45, 2.75) is 13.8 Å². The Morgan fingerprint density at radius 1 is 0.257 bits per heavy atom. The van der Waals surface area contributed by atoms with Crippen molar-refractivity contribution < 1.29 is 17.7 Å². The molecule has 11 aromatic carbocycles. The maximum Gasteiger partial charge on any atom is 0.136 e. The molecule has 15 rings (SSSR count). The number of hydrogen-bond donors (Lipinski definition) is 0. The molecule has 0 aliphatic carbocycles. The van der Waals surface area contributed by atoms with Gasteiger partial charge in [0.15, 0.2) is 0 Å². The summed E-state index contributed by atoms with van der Waals surface area (Å²) in [7, 11) is 0. The molecular formula is C64H40N2O4. The van der Waals surface area contributed by atoms with E-state index in [0.717, 1.165) is 155 Å². The Hall–Kier alpha value is -9.26. The Morgan fingerprint density at radius 2 is 0.643 bits per heavy atom. The van der Waals surface area contributed by atoms with Gasteiger partial charge in [-0.3, -0.25) is 0 Å². The van der Waals surface area contributed by atoms with Crippen LogP contribution in [0.3, 0.4) is 0 Å². The fourth-order valence-corrected chi connectivity index (χ4v) is 11.3. The highest BCUT2D eigenvalue weighted by molar-refractivity contribution is 6.28. The molecule has 0 amide bonds. The van der Waals surface area contributed by atoms with E-state index < -0.39 is 0 Å². The molecule has 15 aromatic rings. The van der Waals surface area contributed by atoms with Crippen LogP contribution in [0.15, 0.2) is 224 Å². The van der Waals surface area contributed by atoms with Gasteiger partial charge in [-0.1, -0.05) is 84.9 Å². The van der Waals surface area contributed by atoms with Crippen LogP contribution in [0.4, 0.5) is 34.1 Å². The summed E-state index contributed by atoms with van der Waals surface area (Å²) in [6, 6.07) is 72.7. The average molecular weight is 901 g/mol. The largest absolute Gasteiger partial charge is 0.456 e. The predicted octanol–water partition coefficient (Wildman–Crippen LogP) is 19.1. The van der Waals surface area contributed by atoms with Crippen LogP contribution in [0.25, 0.3) is 109 Å². The molecular weight excluding hydrogens is 861 g/mol. The number of nitrogens with zero attached hydrogens (tertiary/aromatic N) is 2. The van der Waals surface area contributed by atoms with E-state index in [9.17, 15) is 0 Å². The molecule has 330 valence electrons. The van der Waals surface area contributed by atoms with E-state index in [1.54, 1.807) is 0 Å². The summed E-state index contributed by atoms with van der Waals surface area (Å²) in [4.78, 5) is 4.68. The van der Waals surface area contributed by atoms with Crippen LogP contribution in [0.5, 0.6) is 0 Å². The minimum atomic E-state index is 0.828. The molecule has 6 nitrogen and oxygen atoms in total. The highest BCUT2D eigenvalue weighted by atomic mass is 16.3. The van der Waals surface area contributed by atoms with Crippen molar-refractivity contribution >= 4 is 143 Å². The van der Waals surface area contributed by atoms with Gasteiger partial charge in [-0.25, -0.2) is 0 Å². The van der Waals surface area contributed by atoms with Gasteiger partial charge in [-0.05, 0) is 168 Å². The summed E-state index contributed by atoms with van der Waals surface area (Å²) < 4.78 is 26.1. The van der Waals surface area contributed by atoms with Gasteiger partial charge in [-0.2, -0.15) is 0 Å². The molecule has 0 aliphatic heterocycles. The number of hydrogen-bond acceptors (Lipinski definition) is 6. The van der Waals surface area contributed by atoms with Crippen LogP contribution in [-0.4, -0.2) is 0 Å². The molecule has 0 N–H and O–H groups in total. The van der Waals surface area contributed by atoms with E-state index in [-0.39, 0.29) is 0 Å². The van der Waals surface area contributed by atoms with E-state index >= 15 is 0 Å². The van der Waals surface area contributed by atoms with Crippen molar-refractivity contribution in [1.82, 2.24) is 0 Å². The second kappa shape index (κ2) is 14.6. The number of para-hydroxylation sites is 4. The molecule has 0 fully saturated rings. The number of benzene rings is 11. The zero-order valence-electron chi connectivity index (χ0n) is 38.2. The van der Waals surface area contributed by atoms with Crippen LogP contribution in [-0.2, 0) is 0 Å². The molecule has 70 heavy (non-hydrogen) atoms. The SMILES string of the molecule is Cc1c(N(c2ccccc2)c2ccc3cc4c(cc3c2)oc2ccc3oc5cc6cc(N(c7ccccc7)c7ccc8oc9ccccc9c8c7C)ccc6cc5c3c24)ccc2oc3ccccc3c12. The number of rotatable bonds is 6. The highest BCUT2D eigenvalue weighted by Crippen LogP contribution is 2.47. The van der Waals surface area contributed by atoms with Gasteiger partial charge in [0.1, 0.15) is 44.7 Å². The second-order valence-corrected chi connectivity index (χ2v) is 18.5. The molecule has 0 radical (unpaired) electrons. The lowest BCUT2D eigenvalue weighted by atomic mass is 10.00. The Balaban J connectivity index is 0.858. The molecule has 0 atom stereocenters. The van der Waals surface area contributed by atoms with Gasteiger partial charge in [0.05, 0.1) is 0 Å². The summed E-state index contributed by atoms with van der Waals surface area (Å²) in [5.41, 5.74) is 15.6. The Morgan fingerprint density at radius 3 is 1.10 bits per heavy atom. The fourth-order valence-electron chi connectivity index (χ4n) is 11.3. The third kappa shape index (κ3) is 5.68. The molecule has 0 bridgehead atoms. The van der Waals surface area contributed by atoms with Crippen molar-refractivity contribution in [3.63, 3.8) is 0 Å². The van der Waals surface area contributed by atoms with E-state index in [1.807, 2.05) is 36.4 Å². The number of anilines is 6. The normalized spacial score (nSPS) is 12.1. The fraction of sp³-hybridized carbons (Fsp3) is 0.0312. The van der Waals surface area contributed by atoms with Gasteiger partial charge in [0, 0.05) is 77.2 Å². The lowest BCUT2D eigenvalue weighted by Crippen LogP contribution is -2.11. The van der Waals surface area contributed by atoms with Crippen LogP contribution in [0.1, 0.15) is 11.1 Å². The summed E-state index contributed by atoms with van der Waals surface area (Å²) >= 11 is 0. The van der Waals surface area contributed by atoms with Gasteiger partial charge >= 0.3 is 0 Å².